The van der Waals surface area contributed by atoms with E-state index in [0.717, 1.165) is 25.1 Å². The number of hydrogen-bond acceptors (Lipinski definition) is 2. The minimum Gasteiger partial charge on any atom is -0.481 e. The van der Waals surface area contributed by atoms with E-state index in [9.17, 15) is 0 Å². The van der Waals surface area contributed by atoms with Crippen LogP contribution in [0.5, 0.6) is 0 Å². The molecule has 0 atom stereocenters. The third-order valence-corrected chi connectivity index (χ3v) is 2.57. The lowest BCUT2D eigenvalue weighted by molar-refractivity contribution is -0.134. The van der Waals surface area contributed by atoms with Crippen molar-refractivity contribution < 1.29 is 15.0 Å². The molecule has 0 aromatic heterocycles. The van der Waals surface area contributed by atoms with Gasteiger partial charge in [0.05, 0.1) is 6.61 Å². The molecule has 0 heterocycles. The van der Waals surface area contributed by atoms with Gasteiger partial charge in [-0.25, -0.2) is 0 Å². The molecule has 0 fully saturated rings. The van der Waals surface area contributed by atoms with E-state index in [-0.39, 0.29) is 6.61 Å². The summed E-state index contributed by atoms with van der Waals surface area (Å²) in [6.07, 6.45) is 6.20. The van der Waals surface area contributed by atoms with Crippen LogP contribution in [0.4, 0.5) is 0 Å². The molecule has 0 aromatic carbocycles. The summed E-state index contributed by atoms with van der Waals surface area (Å²) < 4.78 is 0. The van der Waals surface area contributed by atoms with Gasteiger partial charge in [0.25, 0.3) is 5.97 Å². The number of allylic oxidation sites excluding steroid dienone is 3. The van der Waals surface area contributed by atoms with Crippen LogP contribution < -0.4 is 0 Å². The molecule has 0 rings (SSSR count). The van der Waals surface area contributed by atoms with E-state index < -0.39 is 5.97 Å². The van der Waals surface area contributed by atoms with Crippen LogP contribution in [0.25, 0.3) is 0 Å². The van der Waals surface area contributed by atoms with E-state index in [1.807, 2.05) is 13.0 Å². The average Bonchev–Trinajstić information content (AvgIpc) is 2.17. The lowest BCUT2D eigenvalue weighted by atomic mass is 10.1. The van der Waals surface area contributed by atoms with E-state index in [1.54, 1.807) is 0 Å². The van der Waals surface area contributed by atoms with Crippen LogP contribution in [-0.2, 0) is 4.79 Å². The fourth-order valence-corrected chi connectivity index (χ4v) is 1.09. The van der Waals surface area contributed by atoms with Crippen molar-refractivity contribution >= 4 is 21.9 Å². The van der Waals surface area contributed by atoms with Crippen molar-refractivity contribution in [2.75, 3.05) is 11.9 Å². The molecule has 0 aliphatic heterocycles. The number of aliphatic hydroxyl groups excluding tert-OH is 1. The summed E-state index contributed by atoms with van der Waals surface area (Å²) in [6.45, 7) is 5.40. The number of carbonyl (C=O) groups is 1. The maximum absolute atomic E-state index is 9.00. The summed E-state index contributed by atoms with van der Waals surface area (Å²) in [5.41, 5.74) is 2.63. The lowest BCUT2D eigenvalue weighted by Crippen LogP contribution is -1.82. The van der Waals surface area contributed by atoms with Crippen molar-refractivity contribution in [3.63, 3.8) is 0 Å². The van der Waals surface area contributed by atoms with Gasteiger partial charge in [-0.15, -0.1) is 0 Å². The maximum atomic E-state index is 9.00. The molecule has 0 spiro atoms. The Morgan fingerprint density at radius 1 is 1.19 bits per heavy atom. The van der Waals surface area contributed by atoms with E-state index >= 15 is 0 Å². The minimum atomic E-state index is -0.833. The quantitative estimate of drug-likeness (QED) is 0.605. The van der Waals surface area contributed by atoms with E-state index in [0.29, 0.717) is 0 Å². The average molecular weight is 293 g/mol. The van der Waals surface area contributed by atoms with Crippen LogP contribution in [0.3, 0.4) is 0 Å². The smallest absolute Gasteiger partial charge is 0.300 e. The first-order chi connectivity index (χ1) is 7.43. The molecule has 4 heteroatoms. The van der Waals surface area contributed by atoms with Gasteiger partial charge >= 0.3 is 0 Å². The molecule has 0 bridgehead atoms. The van der Waals surface area contributed by atoms with Crippen LogP contribution in [0.2, 0.25) is 0 Å². The zero-order valence-corrected chi connectivity index (χ0v) is 11.7. The molecule has 94 valence electrons. The second-order valence-corrected chi connectivity index (χ2v) is 4.04. The minimum absolute atomic E-state index is 0.160. The Morgan fingerprint density at radius 3 is 2.06 bits per heavy atom. The van der Waals surface area contributed by atoms with Crippen LogP contribution >= 0.6 is 15.9 Å². The van der Waals surface area contributed by atoms with Crippen LogP contribution in [-0.4, -0.2) is 28.1 Å². The Balaban J connectivity index is 0. The summed E-state index contributed by atoms with van der Waals surface area (Å²) in [4.78, 5) is 9.00. The number of halogens is 1. The fraction of sp³-hybridized carbons (Fsp3) is 0.583. The molecule has 2 N–H and O–H groups in total. The molecule has 0 radical (unpaired) electrons. The Morgan fingerprint density at radius 2 is 1.69 bits per heavy atom. The highest BCUT2D eigenvalue weighted by Gasteiger charge is 1.88. The number of carboxylic acids is 1. The van der Waals surface area contributed by atoms with Gasteiger partial charge < -0.3 is 10.2 Å². The summed E-state index contributed by atoms with van der Waals surface area (Å²) in [6, 6.07) is 0. The number of aliphatic carboxylic acids is 1. The third-order valence-electron chi connectivity index (χ3n) is 1.68. The van der Waals surface area contributed by atoms with Gasteiger partial charge in [-0.1, -0.05) is 39.2 Å². The van der Waals surface area contributed by atoms with Crippen molar-refractivity contribution in [3.05, 3.63) is 23.3 Å². The standard InChI is InChI=1S/C10H17BrO.C2H4O2/c1-9(6-7-12)4-3-5-10(2)8-11;1-2(3)4/h5-6,12H,3-4,7-8H2,1-2H3;1H3,(H,3,4). The van der Waals surface area contributed by atoms with Crippen molar-refractivity contribution in [2.45, 2.75) is 33.6 Å². The van der Waals surface area contributed by atoms with Crippen LogP contribution in [0.15, 0.2) is 23.3 Å². The highest BCUT2D eigenvalue weighted by atomic mass is 79.9. The molecular weight excluding hydrogens is 272 g/mol. The molecule has 0 saturated heterocycles. The predicted molar refractivity (Wildman–Crippen MR) is 70.9 cm³/mol. The van der Waals surface area contributed by atoms with Crippen LogP contribution in [0, 0.1) is 0 Å². The fourth-order valence-electron chi connectivity index (χ4n) is 0.859. The molecule has 0 aliphatic rings. The Hall–Kier alpha value is -0.610. The lowest BCUT2D eigenvalue weighted by Gasteiger charge is -1.97. The van der Waals surface area contributed by atoms with Gasteiger partial charge in [-0.05, 0) is 26.7 Å². The summed E-state index contributed by atoms with van der Waals surface area (Å²) in [5.74, 6) is -0.833. The van der Waals surface area contributed by atoms with Crippen molar-refractivity contribution in [3.8, 4) is 0 Å². The van der Waals surface area contributed by atoms with Gasteiger partial charge in [0.1, 0.15) is 0 Å². The number of aliphatic hydroxyl groups is 1. The summed E-state index contributed by atoms with van der Waals surface area (Å²) in [7, 11) is 0. The van der Waals surface area contributed by atoms with Crippen molar-refractivity contribution in [2.24, 2.45) is 0 Å². The summed E-state index contributed by atoms with van der Waals surface area (Å²) in [5, 5.41) is 17.0. The van der Waals surface area contributed by atoms with Gasteiger partial charge in [0.15, 0.2) is 0 Å². The molecule has 16 heavy (non-hydrogen) atoms. The molecule has 0 saturated carbocycles. The molecule has 3 nitrogen and oxygen atoms in total. The van der Waals surface area contributed by atoms with Gasteiger partial charge in [0, 0.05) is 12.3 Å². The molecule has 0 amide bonds. The van der Waals surface area contributed by atoms with Crippen molar-refractivity contribution in [1.82, 2.24) is 0 Å². The number of carboxylic acid groups (broad SMARTS) is 1. The number of rotatable bonds is 5. The van der Waals surface area contributed by atoms with E-state index in [4.69, 9.17) is 15.0 Å². The van der Waals surface area contributed by atoms with E-state index in [1.165, 1.54) is 11.1 Å². The van der Waals surface area contributed by atoms with Gasteiger partial charge in [0.2, 0.25) is 0 Å². The van der Waals surface area contributed by atoms with Gasteiger partial charge in [-0.3, -0.25) is 4.79 Å². The van der Waals surface area contributed by atoms with E-state index in [2.05, 4.69) is 28.9 Å². The maximum Gasteiger partial charge on any atom is 0.300 e. The molecular formula is C12H21BrO3. The van der Waals surface area contributed by atoms with Gasteiger partial charge in [-0.2, -0.15) is 0 Å². The second kappa shape index (κ2) is 12.5. The monoisotopic (exact) mass is 292 g/mol. The Kier molecular flexibility index (Phi) is 13.8. The SMILES string of the molecule is CC(=CCCC(C)=CCO)CBr.CC(=O)O. The zero-order valence-electron chi connectivity index (χ0n) is 10.2. The highest BCUT2D eigenvalue weighted by molar-refractivity contribution is 9.09. The highest BCUT2D eigenvalue weighted by Crippen LogP contribution is 2.07. The molecule has 0 unspecified atom stereocenters. The second-order valence-electron chi connectivity index (χ2n) is 3.47. The largest absolute Gasteiger partial charge is 0.481 e. The third kappa shape index (κ3) is 19.0. The number of hydrogen-bond donors (Lipinski definition) is 2. The zero-order chi connectivity index (χ0) is 13.0. The normalized spacial score (nSPS) is 11.8. The van der Waals surface area contributed by atoms with Crippen molar-refractivity contribution in [1.29, 1.82) is 0 Å². The first kappa shape index (κ1) is 17.8. The first-order valence-corrected chi connectivity index (χ1v) is 6.23. The van der Waals surface area contributed by atoms with Crippen LogP contribution in [0.1, 0.15) is 33.6 Å². The Bertz CT molecular complexity index is 241. The predicted octanol–water partition coefficient (Wildman–Crippen LogP) is 3.14. The Labute approximate surface area is 106 Å². The first-order valence-electron chi connectivity index (χ1n) is 5.11. The topological polar surface area (TPSA) is 57.5 Å². The number of alkyl halides is 1. The summed E-state index contributed by atoms with van der Waals surface area (Å²) >= 11 is 3.39. The molecule has 0 aromatic rings. The molecule has 0 aliphatic carbocycles.